The van der Waals surface area contributed by atoms with Crippen LogP contribution in [-0.2, 0) is 13.5 Å². The highest BCUT2D eigenvalue weighted by Gasteiger charge is 2.01. The standard InChI is InChI=1S/C11H13N.CH3Br/c1-3-9-8-12(2)11-7-5-4-6-10(9)11;1-2/h4-8H,3H2,1-2H3;1H3. The Bertz CT molecular complexity index is 404. The topological polar surface area (TPSA) is 4.93 Å². The van der Waals surface area contributed by atoms with E-state index in [0.29, 0.717) is 0 Å². The van der Waals surface area contributed by atoms with Gasteiger partial charge in [0.1, 0.15) is 0 Å². The molecule has 0 spiro atoms. The molecule has 0 N–H and O–H groups in total. The molecule has 0 amide bonds. The molecule has 1 nitrogen and oxygen atoms in total. The number of aryl methyl sites for hydroxylation is 2. The molecule has 76 valence electrons. The van der Waals surface area contributed by atoms with E-state index in [-0.39, 0.29) is 0 Å². The minimum atomic E-state index is 1.11. The predicted octanol–water partition coefficient (Wildman–Crippen LogP) is 3.75. The van der Waals surface area contributed by atoms with E-state index in [4.69, 9.17) is 0 Å². The van der Waals surface area contributed by atoms with Crippen LogP contribution in [0.25, 0.3) is 10.9 Å². The summed E-state index contributed by atoms with van der Waals surface area (Å²) in [5.41, 5.74) is 2.77. The molecule has 0 saturated heterocycles. The Balaban J connectivity index is 0.000000461. The second-order valence-corrected chi connectivity index (χ2v) is 3.14. The monoisotopic (exact) mass is 253 g/mol. The van der Waals surface area contributed by atoms with E-state index < -0.39 is 0 Å². The second kappa shape index (κ2) is 5.20. The number of para-hydroxylation sites is 1. The molecule has 0 radical (unpaired) electrons. The fourth-order valence-electron chi connectivity index (χ4n) is 1.71. The van der Waals surface area contributed by atoms with E-state index >= 15 is 0 Å². The van der Waals surface area contributed by atoms with Gasteiger partial charge in [-0.2, -0.15) is 0 Å². The Morgan fingerprint density at radius 1 is 1.21 bits per heavy atom. The fourth-order valence-corrected chi connectivity index (χ4v) is 1.71. The van der Waals surface area contributed by atoms with Crippen LogP contribution in [0.3, 0.4) is 0 Å². The summed E-state index contributed by atoms with van der Waals surface area (Å²) in [6, 6.07) is 8.53. The Kier molecular flexibility index (Phi) is 4.21. The third kappa shape index (κ3) is 2.01. The number of halogens is 1. The van der Waals surface area contributed by atoms with Crippen LogP contribution in [0, 0.1) is 0 Å². The lowest BCUT2D eigenvalue weighted by Gasteiger charge is -1.93. The molecule has 0 aliphatic heterocycles. The van der Waals surface area contributed by atoms with Crippen molar-refractivity contribution >= 4 is 26.8 Å². The van der Waals surface area contributed by atoms with E-state index in [9.17, 15) is 0 Å². The van der Waals surface area contributed by atoms with Gasteiger partial charge in [-0.3, -0.25) is 0 Å². The molecule has 0 atom stereocenters. The van der Waals surface area contributed by atoms with Gasteiger partial charge in [0.05, 0.1) is 0 Å². The van der Waals surface area contributed by atoms with Crippen LogP contribution < -0.4 is 0 Å². The largest absolute Gasteiger partial charge is 0.350 e. The minimum absolute atomic E-state index is 1.11. The van der Waals surface area contributed by atoms with Gasteiger partial charge in [0.2, 0.25) is 0 Å². The SMILES string of the molecule is CBr.CCc1cn(C)c2ccccc12. The lowest BCUT2D eigenvalue weighted by Crippen LogP contribution is -1.81. The second-order valence-electron chi connectivity index (χ2n) is 3.14. The number of aromatic nitrogens is 1. The smallest absolute Gasteiger partial charge is 0.0480 e. The minimum Gasteiger partial charge on any atom is -0.350 e. The molecule has 0 aliphatic carbocycles. The Morgan fingerprint density at radius 2 is 1.86 bits per heavy atom. The third-order valence-electron chi connectivity index (χ3n) is 2.36. The number of rotatable bonds is 1. The molecule has 0 aliphatic rings. The number of fused-ring (bicyclic) bond motifs is 1. The summed E-state index contributed by atoms with van der Waals surface area (Å²) in [4.78, 5) is 0. The van der Waals surface area contributed by atoms with E-state index in [0.717, 1.165) is 6.42 Å². The number of nitrogens with zero attached hydrogens (tertiary/aromatic N) is 1. The Labute approximate surface area is 93.9 Å². The van der Waals surface area contributed by atoms with Crippen molar-refractivity contribution in [2.45, 2.75) is 13.3 Å². The predicted molar refractivity (Wildman–Crippen MR) is 67.1 cm³/mol. The van der Waals surface area contributed by atoms with Gasteiger partial charge >= 0.3 is 0 Å². The average molecular weight is 254 g/mol. The van der Waals surface area contributed by atoms with Crippen LogP contribution in [0.1, 0.15) is 12.5 Å². The van der Waals surface area contributed by atoms with E-state index in [2.05, 4.69) is 64.9 Å². The van der Waals surface area contributed by atoms with Crippen LogP contribution in [0.4, 0.5) is 0 Å². The van der Waals surface area contributed by atoms with Crippen molar-refractivity contribution in [1.82, 2.24) is 4.57 Å². The summed E-state index contributed by atoms with van der Waals surface area (Å²) in [7, 11) is 2.10. The zero-order chi connectivity index (χ0) is 10.6. The summed E-state index contributed by atoms with van der Waals surface area (Å²) in [6.07, 6.45) is 3.33. The van der Waals surface area contributed by atoms with Crippen molar-refractivity contribution in [3.63, 3.8) is 0 Å². The first-order chi connectivity index (χ1) is 6.83. The van der Waals surface area contributed by atoms with Gasteiger partial charge in [-0.25, -0.2) is 0 Å². The molecule has 14 heavy (non-hydrogen) atoms. The average Bonchev–Trinajstić information content (AvgIpc) is 2.59. The molecule has 0 unspecified atom stereocenters. The molecule has 0 bridgehead atoms. The molecule has 0 saturated carbocycles. The van der Waals surface area contributed by atoms with E-state index in [1.54, 1.807) is 0 Å². The molecule has 2 aromatic rings. The summed E-state index contributed by atoms with van der Waals surface area (Å²) in [5.74, 6) is 1.81. The van der Waals surface area contributed by atoms with Crippen molar-refractivity contribution in [3.8, 4) is 0 Å². The van der Waals surface area contributed by atoms with Crippen molar-refractivity contribution in [2.75, 3.05) is 5.83 Å². The van der Waals surface area contributed by atoms with Gasteiger partial charge in [-0.05, 0) is 23.9 Å². The lowest BCUT2D eigenvalue weighted by molar-refractivity contribution is 0.954. The molecule has 1 aromatic carbocycles. The fraction of sp³-hybridized carbons (Fsp3) is 0.333. The van der Waals surface area contributed by atoms with Gasteiger partial charge in [0, 0.05) is 24.1 Å². The quantitative estimate of drug-likeness (QED) is 0.683. The first-order valence-corrected chi connectivity index (χ1v) is 6.32. The number of hydrogen-bond acceptors (Lipinski definition) is 0. The third-order valence-corrected chi connectivity index (χ3v) is 2.36. The maximum Gasteiger partial charge on any atom is 0.0480 e. The van der Waals surface area contributed by atoms with Crippen LogP contribution in [-0.4, -0.2) is 10.4 Å². The van der Waals surface area contributed by atoms with E-state index in [1.165, 1.54) is 16.5 Å². The first-order valence-electron chi connectivity index (χ1n) is 4.73. The first kappa shape index (κ1) is 11.3. The highest BCUT2D eigenvalue weighted by molar-refractivity contribution is 9.08. The van der Waals surface area contributed by atoms with Crippen LogP contribution in [0.2, 0.25) is 0 Å². The van der Waals surface area contributed by atoms with Gasteiger partial charge in [-0.15, -0.1) is 0 Å². The maximum atomic E-state index is 2.94. The summed E-state index contributed by atoms with van der Waals surface area (Å²) < 4.78 is 2.19. The molecule has 1 heterocycles. The van der Waals surface area contributed by atoms with Crippen molar-refractivity contribution in [3.05, 3.63) is 36.0 Å². The highest BCUT2D eigenvalue weighted by Crippen LogP contribution is 2.19. The Morgan fingerprint density at radius 3 is 2.50 bits per heavy atom. The normalized spacial score (nSPS) is 9.71. The molecule has 2 heteroatoms. The van der Waals surface area contributed by atoms with Crippen LogP contribution >= 0.6 is 15.9 Å². The van der Waals surface area contributed by atoms with Crippen LogP contribution in [0.15, 0.2) is 30.5 Å². The molecular formula is C12H16BrN. The molecule has 1 aromatic heterocycles. The summed E-state index contributed by atoms with van der Waals surface area (Å²) in [6.45, 7) is 2.20. The number of hydrogen-bond donors (Lipinski definition) is 0. The lowest BCUT2D eigenvalue weighted by atomic mass is 10.1. The number of alkyl halides is 1. The highest BCUT2D eigenvalue weighted by atomic mass is 79.9. The van der Waals surface area contributed by atoms with Gasteiger partial charge < -0.3 is 4.57 Å². The van der Waals surface area contributed by atoms with Gasteiger partial charge in [0.15, 0.2) is 0 Å². The summed E-state index contributed by atoms with van der Waals surface area (Å²) in [5, 5.41) is 1.39. The Hall–Kier alpha value is -0.760. The van der Waals surface area contributed by atoms with Gasteiger partial charge in [-0.1, -0.05) is 41.1 Å². The van der Waals surface area contributed by atoms with Gasteiger partial charge in [0.25, 0.3) is 0 Å². The molecule has 2 rings (SSSR count). The maximum absolute atomic E-state index is 2.94. The summed E-state index contributed by atoms with van der Waals surface area (Å²) >= 11 is 2.94. The zero-order valence-corrected chi connectivity index (χ0v) is 10.5. The zero-order valence-electron chi connectivity index (χ0n) is 8.92. The number of benzene rings is 1. The molecule has 0 fully saturated rings. The van der Waals surface area contributed by atoms with Crippen LogP contribution in [0.5, 0.6) is 0 Å². The van der Waals surface area contributed by atoms with Crippen molar-refractivity contribution < 1.29 is 0 Å². The van der Waals surface area contributed by atoms with E-state index in [1.807, 2.05) is 5.83 Å². The van der Waals surface area contributed by atoms with Crippen molar-refractivity contribution in [1.29, 1.82) is 0 Å². The van der Waals surface area contributed by atoms with Crippen molar-refractivity contribution in [2.24, 2.45) is 7.05 Å². The molecular weight excluding hydrogens is 238 g/mol.